The molecule has 0 heterocycles. The van der Waals surface area contributed by atoms with Gasteiger partial charge < -0.3 is 15.4 Å². The topological polar surface area (TPSA) is 50.4 Å². The summed E-state index contributed by atoms with van der Waals surface area (Å²) in [7, 11) is 0. The molecule has 0 saturated carbocycles. The Morgan fingerprint density at radius 2 is 1.76 bits per heavy atom. The summed E-state index contributed by atoms with van der Waals surface area (Å²) in [6.45, 7) is 4.25. The predicted octanol–water partition coefficient (Wildman–Crippen LogP) is 4.17. The maximum absolute atomic E-state index is 11.7. The van der Waals surface area contributed by atoms with Gasteiger partial charge in [0.05, 0.1) is 12.3 Å². The predicted molar refractivity (Wildman–Crippen MR) is 106 cm³/mol. The van der Waals surface area contributed by atoms with Crippen LogP contribution in [0.2, 0.25) is 0 Å². The van der Waals surface area contributed by atoms with Crippen LogP contribution in [0, 0.1) is 5.92 Å². The van der Waals surface area contributed by atoms with Crippen molar-refractivity contribution in [3.63, 3.8) is 0 Å². The molecule has 0 aliphatic rings. The van der Waals surface area contributed by atoms with Crippen molar-refractivity contribution in [2.24, 2.45) is 5.92 Å². The van der Waals surface area contributed by atoms with E-state index >= 15 is 0 Å². The number of ether oxygens (including phenoxy) is 1. The van der Waals surface area contributed by atoms with Gasteiger partial charge in [0.25, 0.3) is 0 Å². The Labute approximate surface area is 154 Å². The lowest BCUT2D eigenvalue weighted by molar-refractivity contribution is -0.122. The van der Waals surface area contributed by atoms with E-state index in [1.807, 2.05) is 56.3 Å². The number of aryl methyl sites for hydroxylation is 1. The minimum absolute atomic E-state index is 0.112. The molecule has 132 valence electrons. The lowest BCUT2D eigenvalue weighted by Crippen LogP contribution is -2.36. The minimum Gasteiger partial charge on any atom is -0.491 e. The molecule has 0 atom stereocenters. The maximum Gasteiger partial charge on any atom is 0.228 e. The van der Waals surface area contributed by atoms with Crippen LogP contribution in [-0.4, -0.2) is 17.6 Å². The van der Waals surface area contributed by atoms with Crippen LogP contribution in [-0.2, 0) is 11.2 Å². The largest absolute Gasteiger partial charge is 0.491 e. The number of benzene rings is 2. The maximum atomic E-state index is 11.7. The van der Waals surface area contributed by atoms with Crippen molar-refractivity contribution >= 4 is 28.9 Å². The third kappa shape index (κ3) is 6.55. The van der Waals surface area contributed by atoms with Gasteiger partial charge in [-0.25, -0.2) is 0 Å². The fraction of sp³-hybridized carbons (Fsp3) is 0.300. The van der Waals surface area contributed by atoms with E-state index in [4.69, 9.17) is 17.0 Å². The fourth-order valence-corrected chi connectivity index (χ4v) is 2.42. The van der Waals surface area contributed by atoms with E-state index in [0.29, 0.717) is 6.61 Å². The van der Waals surface area contributed by atoms with Crippen LogP contribution < -0.4 is 15.4 Å². The molecule has 0 aliphatic carbocycles. The second-order valence-electron chi connectivity index (χ2n) is 6.03. The monoisotopic (exact) mass is 356 g/mol. The van der Waals surface area contributed by atoms with Gasteiger partial charge in [-0.15, -0.1) is 0 Å². The minimum atomic E-state index is -0.121. The molecule has 0 spiro atoms. The van der Waals surface area contributed by atoms with E-state index in [2.05, 4.69) is 22.8 Å². The summed E-state index contributed by atoms with van der Waals surface area (Å²) < 4.78 is 5.88. The van der Waals surface area contributed by atoms with E-state index in [-0.39, 0.29) is 16.9 Å². The summed E-state index contributed by atoms with van der Waals surface area (Å²) in [4.78, 5) is 11.7. The van der Waals surface area contributed by atoms with Gasteiger partial charge >= 0.3 is 0 Å². The highest BCUT2D eigenvalue weighted by atomic mass is 32.1. The molecule has 0 saturated heterocycles. The third-order valence-corrected chi connectivity index (χ3v) is 3.81. The highest BCUT2D eigenvalue weighted by Gasteiger charge is 2.10. The van der Waals surface area contributed by atoms with Crippen molar-refractivity contribution < 1.29 is 9.53 Å². The first-order chi connectivity index (χ1) is 12.1. The second kappa shape index (κ2) is 9.79. The molecule has 1 amide bonds. The Hall–Kier alpha value is -2.40. The number of hydrogen-bond acceptors (Lipinski definition) is 3. The molecule has 4 nitrogen and oxygen atoms in total. The summed E-state index contributed by atoms with van der Waals surface area (Å²) in [6, 6.07) is 17.9. The number of carbonyl (C=O) groups is 1. The number of thiocarbonyl (C=S) groups is 1. The molecule has 0 aliphatic heterocycles. The van der Waals surface area contributed by atoms with E-state index in [9.17, 15) is 4.79 Å². The van der Waals surface area contributed by atoms with Crippen molar-refractivity contribution in [3.8, 4) is 5.75 Å². The number of nitrogens with one attached hydrogen (secondary N) is 2. The quantitative estimate of drug-likeness (QED) is 0.577. The van der Waals surface area contributed by atoms with Crippen LogP contribution in [0.3, 0.4) is 0 Å². The summed E-state index contributed by atoms with van der Waals surface area (Å²) in [5.74, 6) is 0.486. The molecule has 2 N–H and O–H groups in total. The first kappa shape index (κ1) is 18.9. The molecule has 2 aromatic carbocycles. The Morgan fingerprint density at radius 1 is 1.08 bits per heavy atom. The fourth-order valence-electron chi connectivity index (χ4n) is 2.21. The molecule has 2 rings (SSSR count). The zero-order chi connectivity index (χ0) is 18.1. The van der Waals surface area contributed by atoms with Crippen molar-refractivity contribution in [1.82, 2.24) is 5.32 Å². The van der Waals surface area contributed by atoms with Crippen LogP contribution in [0.1, 0.15) is 25.8 Å². The number of rotatable bonds is 7. The first-order valence-corrected chi connectivity index (χ1v) is 8.84. The van der Waals surface area contributed by atoms with Crippen LogP contribution in [0.25, 0.3) is 0 Å². The molecule has 25 heavy (non-hydrogen) atoms. The molecule has 0 unspecified atom stereocenters. The number of amides is 1. The summed E-state index contributed by atoms with van der Waals surface area (Å²) in [5.41, 5.74) is 2.05. The average Bonchev–Trinajstić information content (AvgIpc) is 2.60. The van der Waals surface area contributed by atoms with E-state index in [1.54, 1.807) is 0 Å². The summed E-state index contributed by atoms with van der Waals surface area (Å²) in [5, 5.41) is 5.98. The van der Waals surface area contributed by atoms with Gasteiger partial charge in [-0.05, 0) is 42.8 Å². The van der Waals surface area contributed by atoms with Crippen molar-refractivity contribution in [2.45, 2.75) is 26.7 Å². The average molecular weight is 356 g/mol. The number of anilines is 1. The van der Waals surface area contributed by atoms with Gasteiger partial charge in [-0.3, -0.25) is 4.79 Å². The molecular weight excluding hydrogens is 332 g/mol. The zero-order valence-corrected chi connectivity index (χ0v) is 15.4. The molecule has 2 aromatic rings. The number of carbonyl (C=O) groups excluding carboxylic acids is 1. The van der Waals surface area contributed by atoms with E-state index in [0.717, 1.165) is 24.3 Å². The molecular formula is C20H24N2O2S. The van der Waals surface area contributed by atoms with Crippen LogP contribution >= 0.6 is 12.2 Å². The Bertz CT molecular complexity index is 702. The smallest absolute Gasteiger partial charge is 0.228 e. The normalized spacial score (nSPS) is 10.4. The Balaban J connectivity index is 1.85. The third-order valence-electron chi connectivity index (χ3n) is 3.61. The summed E-state index contributed by atoms with van der Waals surface area (Å²) in [6.07, 6.45) is 1.90. The summed E-state index contributed by atoms with van der Waals surface area (Å²) >= 11 is 5.19. The first-order valence-electron chi connectivity index (χ1n) is 8.44. The SMILES string of the molecule is CC(C)C(=O)NC(=S)Nc1ccccc1OCCCc1ccccc1. The molecule has 0 radical (unpaired) electrons. The highest BCUT2D eigenvalue weighted by Crippen LogP contribution is 2.24. The van der Waals surface area contributed by atoms with Crippen molar-refractivity contribution in [2.75, 3.05) is 11.9 Å². The van der Waals surface area contributed by atoms with Crippen LogP contribution in [0.4, 0.5) is 5.69 Å². The molecule has 0 fully saturated rings. The van der Waals surface area contributed by atoms with E-state index < -0.39 is 0 Å². The number of hydrogen-bond donors (Lipinski definition) is 2. The Kier molecular flexibility index (Phi) is 7.41. The van der Waals surface area contributed by atoms with Crippen molar-refractivity contribution in [3.05, 3.63) is 60.2 Å². The van der Waals surface area contributed by atoms with Gasteiger partial charge in [-0.1, -0.05) is 56.3 Å². The van der Waals surface area contributed by atoms with E-state index in [1.165, 1.54) is 5.56 Å². The van der Waals surface area contributed by atoms with Crippen LogP contribution in [0.15, 0.2) is 54.6 Å². The highest BCUT2D eigenvalue weighted by molar-refractivity contribution is 7.80. The van der Waals surface area contributed by atoms with Crippen LogP contribution in [0.5, 0.6) is 5.75 Å². The van der Waals surface area contributed by atoms with Gasteiger partial charge in [-0.2, -0.15) is 0 Å². The zero-order valence-electron chi connectivity index (χ0n) is 14.6. The van der Waals surface area contributed by atoms with Crippen molar-refractivity contribution in [1.29, 1.82) is 0 Å². The molecule has 0 bridgehead atoms. The van der Waals surface area contributed by atoms with Gasteiger partial charge in [0.15, 0.2) is 5.11 Å². The van der Waals surface area contributed by atoms with Gasteiger partial charge in [0.1, 0.15) is 5.75 Å². The molecule has 5 heteroatoms. The number of para-hydroxylation sites is 2. The second-order valence-corrected chi connectivity index (χ2v) is 6.44. The van der Waals surface area contributed by atoms with Gasteiger partial charge in [0.2, 0.25) is 5.91 Å². The van der Waals surface area contributed by atoms with Gasteiger partial charge in [0, 0.05) is 5.92 Å². The standard InChI is InChI=1S/C20H24N2O2S/c1-15(2)19(23)22-20(25)21-17-12-6-7-13-18(17)24-14-8-11-16-9-4-3-5-10-16/h3-7,9-10,12-13,15H,8,11,14H2,1-2H3,(H2,21,22,23,25). The molecule has 0 aromatic heterocycles. The lowest BCUT2D eigenvalue weighted by atomic mass is 10.1. The lowest BCUT2D eigenvalue weighted by Gasteiger charge is -2.15. The Morgan fingerprint density at radius 3 is 2.48 bits per heavy atom.